The molecule has 0 saturated carbocycles. The van der Waals surface area contributed by atoms with Crippen LogP contribution < -0.4 is 10.6 Å². The fourth-order valence-corrected chi connectivity index (χ4v) is 1.82. The highest BCUT2D eigenvalue weighted by Gasteiger charge is 2.04. The van der Waals surface area contributed by atoms with Crippen molar-refractivity contribution in [1.29, 1.82) is 0 Å². The second-order valence-corrected chi connectivity index (χ2v) is 4.59. The molecule has 0 saturated heterocycles. The van der Waals surface area contributed by atoms with Crippen molar-refractivity contribution in [3.63, 3.8) is 0 Å². The van der Waals surface area contributed by atoms with Crippen LogP contribution in [0, 0.1) is 6.92 Å². The Morgan fingerprint density at radius 2 is 2.25 bits per heavy atom. The molecular formula is C14H18N4O2. The van der Waals surface area contributed by atoms with Crippen molar-refractivity contribution in [2.45, 2.75) is 20.0 Å². The van der Waals surface area contributed by atoms with Gasteiger partial charge in [0, 0.05) is 25.4 Å². The number of phenols is 1. The highest BCUT2D eigenvalue weighted by atomic mass is 16.3. The number of nitrogens with one attached hydrogen (secondary N) is 2. The molecule has 0 aliphatic heterocycles. The van der Waals surface area contributed by atoms with Crippen molar-refractivity contribution in [1.82, 2.24) is 15.1 Å². The summed E-state index contributed by atoms with van der Waals surface area (Å²) in [7, 11) is 1.59. The fourth-order valence-electron chi connectivity index (χ4n) is 1.82. The molecular weight excluding hydrogens is 256 g/mol. The molecule has 6 nitrogen and oxygen atoms in total. The van der Waals surface area contributed by atoms with Crippen molar-refractivity contribution in [2.24, 2.45) is 0 Å². The van der Waals surface area contributed by atoms with Crippen molar-refractivity contribution in [2.75, 3.05) is 12.4 Å². The van der Waals surface area contributed by atoms with E-state index in [9.17, 15) is 9.90 Å². The zero-order chi connectivity index (χ0) is 14.5. The average Bonchev–Trinajstić information content (AvgIpc) is 2.87. The van der Waals surface area contributed by atoms with Crippen LogP contribution in [0.25, 0.3) is 0 Å². The number of carbonyl (C=O) groups is 1. The summed E-state index contributed by atoms with van der Waals surface area (Å²) in [6, 6.07) is 5.47. The number of likely N-dealkylation sites (N-methyl/N-ethyl adjacent to an activating group) is 1. The molecule has 1 aromatic heterocycles. The number of aromatic nitrogens is 2. The summed E-state index contributed by atoms with van der Waals surface area (Å²) in [6.07, 6.45) is 3.40. The molecule has 0 unspecified atom stereocenters. The quantitative estimate of drug-likeness (QED) is 0.767. The number of phenolic OH excluding ortho intramolecular Hbond substituents is 1. The van der Waals surface area contributed by atoms with Crippen LogP contribution in [0.3, 0.4) is 0 Å². The third-order valence-corrected chi connectivity index (χ3v) is 2.94. The molecule has 0 atom stereocenters. The molecule has 0 bridgehead atoms. The first-order valence-electron chi connectivity index (χ1n) is 6.34. The lowest BCUT2D eigenvalue weighted by Crippen LogP contribution is -2.23. The van der Waals surface area contributed by atoms with E-state index >= 15 is 0 Å². The summed E-state index contributed by atoms with van der Waals surface area (Å²) in [5.41, 5.74) is 2.72. The lowest BCUT2D eigenvalue weighted by molar-refractivity contribution is -0.121. The van der Waals surface area contributed by atoms with Crippen LogP contribution in [0.5, 0.6) is 5.75 Å². The van der Waals surface area contributed by atoms with Gasteiger partial charge in [-0.1, -0.05) is 17.7 Å². The number of benzene rings is 1. The van der Waals surface area contributed by atoms with E-state index in [1.807, 2.05) is 19.1 Å². The molecule has 20 heavy (non-hydrogen) atoms. The second kappa shape index (κ2) is 6.10. The van der Waals surface area contributed by atoms with Crippen LogP contribution in [-0.4, -0.2) is 27.8 Å². The smallest absolute Gasteiger partial charge is 0.241 e. The van der Waals surface area contributed by atoms with Crippen LogP contribution in [0.1, 0.15) is 11.1 Å². The van der Waals surface area contributed by atoms with Crippen LogP contribution in [0.4, 0.5) is 5.69 Å². The average molecular weight is 274 g/mol. The normalized spacial score (nSPS) is 10.3. The zero-order valence-corrected chi connectivity index (χ0v) is 11.6. The number of carbonyl (C=O) groups excluding carboxylic acids is 1. The lowest BCUT2D eigenvalue weighted by atomic mass is 10.1. The standard InChI is InChI=1S/C14H18N4O2/c1-10-3-4-13(19)11(5-10)6-16-12-7-17-18(8-12)9-14(20)15-2/h3-5,7-8,16,19H,6,9H2,1-2H3,(H,15,20). The van der Waals surface area contributed by atoms with Gasteiger partial charge in [-0.15, -0.1) is 0 Å². The Hall–Kier alpha value is -2.50. The van der Waals surface area contributed by atoms with Gasteiger partial charge in [-0.3, -0.25) is 9.48 Å². The Morgan fingerprint density at radius 3 is 3.00 bits per heavy atom. The first-order chi connectivity index (χ1) is 9.58. The Morgan fingerprint density at radius 1 is 1.45 bits per heavy atom. The van der Waals surface area contributed by atoms with E-state index in [0.29, 0.717) is 6.54 Å². The van der Waals surface area contributed by atoms with E-state index in [4.69, 9.17) is 0 Å². The summed E-state index contributed by atoms with van der Waals surface area (Å²) in [5.74, 6) is 0.164. The predicted octanol–water partition coefficient (Wildman–Crippen LogP) is 1.26. The van der Waals surface area contributed by atoms with Crippen molar-refractivity contribution in [3.05, 3.63) is 41.7 Å². The Kier molecular flexibility index (Phi) is 4.24. The fraction of sp³-hybridized carbons (Fsp3) is 0.286. The largest absolute Gasteiger partial charge is 0.508 e. The summed E-state index contributed by atoms with van der Waals surface area (Å²) in [6.45, 7) is 2.66. The third kappa shape index (κ3) is 3.50. The van der Waals surface area contributed by atoms with E-state index in [-0.39, 0.29) is 18.2 Å². The zero-order valence-electron chi connectivity index (χ0n) is 11.6. The van der Waals surface area contributed by atoms with Gasteiger partial charge in [-0.05, 0) is 13.0 Å². The highest BCUT2D eigenvalue weighted by Crippen LogP contribution is 2.19. The molecule has 0 fully saturated rings. The van der Waals surface area contributed by atoms with Crippen LogP contribution >= 0.6 is 0 Å². The summed E-state index contributed by atoms with van der Waals surface area (Å²) in [4.78, 5) is 11.2. The van der Waals surface area contributed by atoms with Gasteiger partial charge in [0.2, 0.25) is 5.91 Å². The maximum Gasteiger partial charge on any atom is 0.241 e. The number of hydrogen-bond donors (Lipinski definition) is 3. The molecule has 1 heterocycles. The first kappa shape index (κ1) is 13.9. The van der Waals surface area contributed by atoms with E-state index in [2.05, 4.69) is 15.7 Å². The van der Waals surface area contributed by atoms with Gasteiger partial charge in [0.05, 0.1) is 11.9 Å². The van der Waals surface area contributed by atoms with Crippen LogP contribution in [0.2, 0.25) is 0 Å². The van der Waals surface area contributed by atoms with Gasteiger partial charge >= 0.3 is 0 Å². The number of aryl methyl sites for hydroxylation is 1. The van der Waals surface area contributed by atoms with Gasteiger partial charge in [-0.25, -0.2) is 0 Å². The van der Waals surface area contributed by atoms with E-state index in [1.165, 1.54) is 0 Å². The van der Waals surface area contributed by atoms with Gasteiger partial charge in [0.15, 0.2) is 0 Å². The third-order valence-electron chi connectivity index (χ3n) is 2.94. The Balaban J connectivity index is 1.97. The summed E-state index contributed by atoms with van der Waals surface area (Å²) >= 11 is 0. The Labute approximate surface area is 117 Å². The van der Waals surface area contributed by atoms with Crippen LogP contribution in [-0.2, 0) is 17.9 Å². The van der Waals surface area contributed by atoms with E-state index < -0.39 is 0 Å². The van der Waals surface area contributed by atoms with Crippen molar-refractivity contribution < 1.29 is 9.90 Å². The minimum Gasteiger partial charge on any atom is -0.508 e. The number of nitrogens with zero attached hydrogens (tertiary/aromatic N) is 2. The number of amides is 1. The van der Waals surface area contributed by atoms with Gasteiger partial charge in [0.25, 0.3) is 0 Å². The molecule has 0 spiro atoms. The first-order valence-corrected chi connectivity index (χ1v) is 6.34. The van der Waals surface area contributed by atoms with E-state index in [0.717, 1.165) is 16.8 Å². The number of anilines is 1. The summed E-state index contributed by atoms with van der Waals surface area (Å²) in [5, 5.41) is 19.5. The van der Waals surface area contributed by atoms with Crippen molar-refractivity contribution >= 4 is 11.6 Å². The van der Waals surface area contributed by atoms with Gasteiger partial charge in [-0.2, -0.15) is 5.10 Å². The number of hydrogen-bond acceptors (Lipinski definition) is 4. The molecule has 2 rings (SSSR count). The molecule has 3 N–H and O–H groups in total. The van der Waals surface area contributed by atoms with Crippen molar-refractivity contribution in [3.8, 4) is 5.75 Å². The SMILES string of the molecule is CNC(=O)Cn1cc(NCc2cc(C)ccc2O)cn1. The molecule has 1 amide bonds. The highest BCUT2D eigenvalue weighted by molar-refractivity contribution is 5.75. The molecule has 6 heteroatoms. The van der Waals surface area contributed by atoms with E-state index in [1.54, 1.807) is 30.2 Å². The molecule has 106 valence electrons. The molecule has 0 aliphatic carbocycles. The molecule has 0 radical (unpaired) electrons. The topological polar surface area (TPSA) is 79.2 Å². The predicted molar refractivity (Wildman–Crippen MR) is 76.5 cm³/mol. The molecule has 0 aliphatic rings. The number of rotatable bonds is 5. The summed E-state index contributed by atoms with van der Waals surface area (Å²) < 4.78 is 1.55. The lowest BCUT2D eigenvalue weighted by Gasteiger charge is -2.07. The second-order valence-electron chi connectivity index (χ2n) is 4.59. The Bertz CT molecular complexity index is 607. The van der Waals surface area contributed by atoms with Crippen LogP contribution in [0.15, 0.2) is 30.6 Å². The number of aromatic hydroxyl groups is 1. The van der Waals surface area contributed by atoms with Gasteiger partial charge < -0.3 is 15.7 Å². The minimum absolute atomic E-state index is 0.101. The molecule has 2 aromatic rings. The monoisotopic (exact) mass is 274 g/mol. The molecule has 1 aromatic carbocycles. The van der Waals surface area contributed by atoms with Gasteiger partial charge in [0.1, 0.15) is 12.3 Å². The minimum atomic E-state index is -0.101. The maximum absolute atomic E-state index is 11.2. The maximum atomic E-state index is 11.2.